The lowest BCUT2D eigenvalue weighted by Crippen LogP contribution is -1.95. The maximum Gasteiger partial charge on any atom is 0.126 e. The van der Waals surface area contributed by atoms with Gasteiger partial charge >= 0.3 is 0 Å². The highest BCUT2D eigenvalue weighted by atomic mass is 19.1. The summed E-state index contributed by atoms with van der Waals surface area (Å²) in [6, 6.07) is 15.7. The van der Waals surface area contributed by atoms with Crippen LogP contribution in [0.25, 0.3) is 0 Å². The van der Waals surface area contributed by atoms with Crippen LogP contribution < -0.4 is 0 Å². The van der Waals surface area contributed by atoms with Crippen molar-refractivity contribution >= 4 is 0 Å². The van der Waals surface area contributed by atoms with Crippen LogP contribution in [0.3, 0.4) is 0 Å². The Labute approximate surface area is 121 Å². The van der Waals surface area contributed by atoms with E-state index in [-0.39, 0.29) is 5.82 Å². The summed E-state index contributed by atoms with van der Waals surface area (Å²) in [5.74, 6) is -0.0915. The van der Waals surface area contributed by atoms with Gasteiger partial charge in [-0.15, -0.1) is 0 Å². The molecule has 0 spiro atoms. The van der Waals surface area contributed by atoms with Gasteiger partial charge in [-0.2, -0.15) is 0 Å². The van der Waals surface area contributed by atoms with E-state index < -0.39 is 0 Å². The largest absolute Gasteiger partial charge is 0.207 e. The van der Waals surface area contributed by atoms with Crippen molar-refractivity contribution in [2.24, 2.45) is 0 Å². The van der Waals surface area contributed by atoms with Crippen molar-refractivity contribution in [3.8, 4) is 0 Å². The van der Waals surface area contributed by atoms with Crippen molar-refractivity contribution in [3.63, 3.8) is 0 Å². The molecular formula is C19H23F. The Hall–Kier alpha value is -1.63. The molecule has 0 nitrogen and oxygen atoms in total. The van der Waals surface area contributed by atoms with Crippen LogP contribution in [0.1, 0.15) is 49.3 Å². The first-order valence-corrected chi connectivity index (χ1v) is 7.61. The summed E-state index contributed by atoms with van der Waals surface area (Å²) in [7, 11) is 0. The fourth-order valence-electron chi connectivity index (χ4n) is 2.49. The minimum atomic E-state index is -0.0915. The average molecular weight is 270 g/mol. The van der Waals surface area contributed by atoms with Crippen molar-refractivity contribution in [1.29, 1.82) is 0 Å². The highest BCUT2D eigenvalue weighted by Gasteiger charge is 2.05. The lowest BCUT2D eigenvalue weighted by atomic mass is 9.99. The molecule has 0 N–H and O–H groups in total. The van der Waals surface area contributed by atoms with Crippen LogP contribution in [-0.4, -0.2) is 0 Å². The van der Waals surface area contributed by atoms with E-state index in [0.29, 0.717) is 6.42 Å². The van der Waals surface area contributed by atoms with Crippen molar-refractivity contribution in [3.05, 3.63) is 71.0 Å². The van der Waals surface area contributed by atoms with E-state index in [2.05, 4.69) is 6.92 Å². The van der Waals surface area contributed by atoms with E-state index in [0.717, 1.165) is 17.5 Å². The quantitative estimate of drug-likeness (QED) is 0.579. The molecule has 0 saturated heterocycles. The summed E-state index contributed by atoms with van der Waals surface area (Å²) in [6.45, 7) is 2.22. The minimum Gasteiger partial charge on any atom is -0.207 e. The molecule has 2 rings (SSSR count). The van der Waals surface area contributed by atoms with Crippen molar-refractivity contribution in [2.75, 3.05) is 0 Å². The third-order valence-electron chi connectivity index (χ3n) is 3.67. The second-order valence-corrected chi connectivity index (χ2v) is 5.40. The van der Waals surface area contributed by atoms with Gasteiger partial charge in [-0.3, -0.25) is 0 Å². The summed E-state index contributed by atoms with van der Waals surface area (Å²) >= 11 is 0. The van der Waals surface area contributed by atoms with Gasteiger partial charge < -0.3 is 0 Å². The van der Waals surface area contributed by atoms with E-state index in [1.165, 1.54) is 31.2 Å². The molecule has 0 atom stereocenters. The Morgan fingerprint density at radius 2 is 1.65 bits per heavy atom. The molecule has 20 heavy (non-hydrogen) atoms. The van der Waals surface area contributed by atoms with Crippen LogP contribution >= 0.6 is 0 Å². The lowest BCUT2D eigenvalue weighted by Gasteiger charge is -2.07. The molecular weight excluding hydrogens is 247 g/mol. The van der Waals surface area contributed by atoms with Gasteiger partial charge in [-0.25, -0.2) is 4.39 Å². The van der Waals surface area contributed by atoms with Crippen LogP contribution in [0.4, 0.5) is 4.39 Å². The van der Waals surface area contributed by atoms with Gasteiger partial charge in [0.25, 0.3) is 0 Å². The molecule has 0 fully saturated rings. The molecule has 0 heterocycles. The topological polar surface area (TPSA) is 0 Å². The van der Waals surface area contributed by atoms with Gasteiger partial charge in [0.15, 0.2) is 0 Å². The number of unbranched alkanes of at least 4 members (excludes halogenated alkanes) is 3. The Balaban J connectivity index is 2.01. The van der Waals surface area contributed by atoms with Gasteiger partial charge in [0.05, 0.1) is 0 Å². The Bertz CT molecular complexity index is 517. The second-order valence-electron chi connectivity index (χ2n) is 5.40. The zero-order valence-corrected chi connectivity index (χ0v) is 12.2. The first-order chi connectivity index (χ1) is 9.79. The number of rotatable bonds is 7. The molecule has 0 saturated carbocycles. The first kappa shape index (κ1) is 14.8. The van der Waals surface area contributed by atoms with Crippen molar-refractivity contribution < 1.29 is 4.39 Å². The summed E-state index contributed by atoms with van der Waals surface area (Å²) in [5, 5.41) is 0. The predicted octanol–water partition coefficient (Wildman–Crippen LogP) is 5.54. The van der Waals surface area contributed by atoms with E-state index in [1.807, 2.05) is 42.5 Å². The number of halogens is 1. The molecule has 0 amide bonds. The zero-order chi connectivity index (χ0) is 14.2. The summed E-state index contributed by atoms with van der Waals surface area (Å²) in [5.41, 5.74) is 3.23. The van der Waals surface area contributed by atoms with E-state index in [1.54, 1.807) is 6.07 Å². The normalized spacial score (nSPS) is 10.7. The molecule has 0 aliphatic carbocycles. The van der Waals surface area contributed by atoms with E-state index in [4.69, 9.17) is 0 Å². The third-order valence-corrected chi connectivity index (χ3v) is 3.67. The second kappa shape index (κ2) is 7.84. The van der Waals surface area contributed by atoms with Crippen LogP contribution in [0, 0.1) is 5.82 Å². The predicted molar refractivity (Wildman–Crippen MR) is 83.5 cm³/mol. The third kappa shape index (κ3) is 4.48. The zero-order valence-electron chi connectivity index (χ0n) is 12.2. The number of aryl methyl sites for hydroxylation is 1. The standard InChI is InChI=1S/C19H23F/c1-2-3-4-6-11-17-12-13-19(20)18(15-17)14-16-9-7-5-8-10-16/h5,7-10,12-13,15H,2-4,6,11,14H2,1H3. The number of hydrogen-bond acceptors (Lipinski definition) is 0. The number of hydrogen-bond donors (Lipinski definition) is 0. The van der Waals surface area contributed by atoms with Gasteiger partial charge in [0, 0.05) is 6.42 Å². The summed E-state index contributed by atoms with van der Waals surface area (Å²) in [6.07, 6.45) is 6.74. The summed E-state index contributed by atoms with van der Waals surface area (Å²) < 4.78 is 13.9. The van der Waals surface area contributed by atoms with Gasteiger partial charge in [-0.1, -0.05) is 68.7 Å². The molecule has 0 aliphatic heterocycles. The van der Waals surface area contributed by atoms with Gasteiger partial charge in [-0.05, 0) is 35.6 Å². The molecule has 1 heteroatoms. The van der Waals surface area contributed by atoms with E-state index in [9.17, 15) is 4.39 Å². The fourth-order valence-corrected chi connectivity index (χ4v) is 2.49. The molecule has 0 bridgehead atoms. The first-order valence-electron chi connectivity index (χ1n) is 7.61. The molecule has 0 aromatic heterocycles. The lowest BCUT2D eigenvalue weighted by molar-refractivity contribution is 0.611. The molecule has 2 aromatic rings. The van der Waals surface area contributed by atoms with Gasteiger partial charge in [0.2, 0.25) is 0 Å². The Morgan fingerprint density at radius 1 is 0.850 bits per heavy atom. The smallest absolute Gasteiger partial charge is 0.126 e. The Kier molecular flexibility index (Phi) is 5.79. The average Bonchev–Trinajstić information content (AvgIpc) is 2.48. The molecule has 106 valence electrons. The van der Waals surface area contributed by atoms with E-state index >= 15 is 0 Å². The maximum atomic E-state index is 13.9. The summed E-state index contributed by atoms with van der Waals surface area (Å²) in [4.78, 5) is 0. The molecule has 0 aliphatic rings. The van der Waals surface area contributed by atoms with Crippen LogP contribution in [0.5, 0.6) is 0 Å². The monoisotopic (exact) mass is 270 g/mol. The highest BCUT2D eigenvalue weighted by molar-refractivity contribution is 5.30. The molecule has 2 aromatic carbocycles. The molecule has 0 radical (unpaired) electrons. The minimum absolute atomic E-state index is 0.0915. The SMILES string of the molecule is CCCCCCc1ccc(F)c(Cc2ccccc2)c1. The van der Waals surface area contributed by atoms with Crippen LogP contribution in [0.2, 0.25) is 0 Å². The van der Waals surface area contributed by atoms with Crippen LogP contribution in [0.15, 0.2) is 48.5 Å². The Morgan fingerprint density at radius 3 is 2.40 bits per heavy atom. The number of benzene rings is 2. The maximum absolute atomic E-state index is 13.9. The fraction of sp³-hybridized carbons (Fsp3) is 0.368. The van der Waals surface area contributed by atoms with Gasteiger partial charge in [0.1, 0.15) is 5.82 Å². The van der Waals surface area contributed by atoms with Crippen molar-refractivity contribution in [1.82, 2.24) is 0 Å². The van der Waals surface area contributed by atoms with Crippen molar-refractivity contribution in [2.45, 2.75) is 45.4 Å². The highest BCUT2D eigenvalue weighted by Crippen LogP contribution is 2.17. The van der Waals surface area contributed by atoms with Crippen LogP contribution in [-0.2, 0) is 12.8 Å². The molecule has 0 unspecified atom stereocenters.